The van der Waals surface area contributed by atoms with E-state index in [-0.39, 0.29) is 5.41 Å². The third-order valence-corrected chi connectivity index (χ3v) is 4.21. The number of hydrogen-bond donors (Lipinski definition) is 1. The largest absolute Gasteiger partial charge is 0.497 e. The van der Waals surface area contributed by atoms with Gasteiger partial charge in [-0.1, -0.05) is 26.8 Å². The van der Waals surface area contributed by atoms with Crippen LogP contribution in [0.15, 0.2) is 29.2 Å². The van der Waals surface area contributed by atoms with E-state index in [2.05, 4.69) is 32.9 Å². The maximum absolute atomic E-state index is 5.83. The van der Waals surface area contributed by atoms with Gasteiger partial charge in [0.15, 0.2) is 0 Å². The predicted octanol–water partition coefficient (Wildman–Crippen LogP) is 3.16. The zero-order valence-corrected chi connectivity index (χ0v) is 11.3. The van der Waals surface area contributed by atoms with Crippen molar-refractivity contribution in [1.82, 2.24) is 0 Å². The van der Waals surface area contributed by atoms with Crippen molar-refractivity contribution in [3.05, 3.63) is 24.3 Å². The Hall–Kier alpha value is -0.670. The molecule has 0 amide bonds. The van der Waals surface area contributed by atoms with Crippen LogP contribution in [-0.2, 0) is 0 Å². The fourth-order valence-electron chi connectivity index (χ4n) is 1.42. The lowest BCUT2D eigenvalue weighted by Crippen LogP contribution is -2.30. The Labute approximate surface area is 103 Å². The van der Waals surface area contributed by atoms with Crippen LogP contribution < -0.4 is 10.5 Å². The normalized spacial score (nSPS) is 13.6. The molecule has 0 aliphatic rings. The van der Waals surface area contributed by atoms with Crippen molar-refractivity contribution in [2.75, 3.05) is 13.7 Å². The number of thioether (sulfide) groups is 1. The van der Waals surface area contributed by atoms with Crippen LogP contribution >= 0.6 is 11.8 Å². The van der Waals surface area contributed by atoms with Crippen LogP contribution in [0.3, 0.4) is 0 Å². The first-order valence-electron chi connectivity index (χ1n) is 5.48. The van der Waals surface area contributed by atoms with Gasteiger partial charge >= 0.3 is 0 Å². The van der Waals surface area contributed by atoms with Gasteiger partial charge in [-0.05, 0) is 23.6 Å². The lowest BCUT2D eigenvalue weighted by molar-refractivity contribution is 0.398. The maximum Gasteiger partial charge on any atom is 0.119 e. The lowest BCUT2D eigenvalue weighted by Gasteiger charge is -2.29. The second-order valence-electron chi connectivity index (χ2n) is 4.89. The number of hydrogen-bond acceptors (Lipinski definition) is 3. The molecular formula is C13H21NOS. The Kier molecular flexibility index (Phi) is 4.69. The topological polar surface area (TPSA) is 35.2 Å². The van der Waals surface area contributed by atoms with Crippen molar-refractivity contribution in [2.24, 2.45) is 11.1 Å². The van der Waals surface area contributed by atoms with Gasteiger partial charge in [0.2, 0.25) is 0 Å². The molecule has 0 aliphatic carbocycles. The maximum atomic E-state index is 5.83. The quantitative estimate of drug-likeness (QED) is 0.820. The van der Waals surface area contributed by atoms with E-state index in [9.17, 15) is 0 Å². The minimum absolute atomic E-state index is 0.211. The first kappa shape index (κ1) is 13.4. The summed E-state index contributed by atoms with van der Waals surface area (Å²) in [6.07, 6.45) is 0. The monoisotopic (exact) mass is 239 g/mol. The summed E-state index contributed by atoms with van der Waals surface area (Å²) in [7, 11) is 1.69. The highest BCUT2D eigenvalue weighted by atomic mass is 32.2. The molecule has 0 bridgehead atoms. The second kappa shape index (κ2) is 5.60. The van der Waals surface area contributed by atoms with E-state index in [0.29, 0.717) is 11.8 Å². The van der Waals surface area contributed by atoms with E-state index >= 15 is 0 Å². The number of methoxy groups -OCH3 is 1. The van der Waals surface area contributed by atoms with Crippen LogP contribution in [0.2, 0.25) is 0 Å². The van der Waals surface area contributed by atoms with Gasteiger partial charge in [-0.25, -0.2) is 0 Å². The molecule has 0 heterocycles. The van der Waals surface area contributed by atoms with E-state index < -0.39 is 0 Å². The zero-order valence-electron chi connectivity index (χ0n) is 10.5. The van der Waals surface area contributed by atoms with Crippen molar-refractivity contribution in [1.29, 1.82) is 0 Å². The fourth-order valence-corrected chi connectivity index (χ4v) is 2.54. The SMILES string of the molecule is COc1cccc(SC(CN)C(C)(C)C)c1. The van der Waals surface area contributed by atoms with Crippen molar-refractivity contribution in [3.63, 3.8) is 0 Å². The van der Waals surface area contributed by atoms with Crippen molar-refractivity contribution < 1.29 is 4.74 Å². The number of ether oxygens (including phenoxy) is 1. The molecule has 0 aliphatic heterocycles. The van der Waals surface area contributed by atoms with E-state index in [4.69, 9.17) is 10.5 Å². The molecule has 0 saturated heterocycles. The highest BCUT2D eigenvalue weighted by Crippen LogP contribution is 2.35. The molecule has 90 valence electrons. The van der Waals surface area contributed by atoms with Crippen LogP contribution in [0.1, 0.15) is 20.8 Å². The average molecular weight is 239 g/mol. The van der Waals surface area contributed by atoms with Crippen molar-refractivity contribution in [3.8, 4) is 5.75 Å². The first-order valence-corrected chi connectivity index (χ1v) is 6.36. The fraction of sp³-hybridized carbons (Fsp3) is 0.538. The number of nitrogens with two attached hydrogens (primary N) is 1. The van der Waals surface area contributed by atoms with Gasteiger partial charge in [-0.3, -0.25) is 0 Å². The molecule has 2 N–H and O–H groups in total. The molecule has 0 spiro atoms. The molecule has 0 aromatic heterocycles. The van der Waals surface area contributed by atoms with Gasteiger partial charge < -0.3 is 10.5 Å². The van der Waals surface area contributed by atoms with Gasteiger partial charge in [0.1, 0.15) is 5.75 Å². The Balaban J connectivity index is 2.78. The van der Waals surface area contributed by atoms with Crippen LogP contribution in [0, 0.1) is 5.41 Å². The summed E-state index contributed by atoms with van der Waals surface area (Å²) in [4.78, 5) is 1.21. The minimum Gasteiger partial charge on any atom is -0.497 e. The Morgan fingerprint density at radius 3 is 2.56 bits per heavy atom. The molecule has 0 fully saturated rings. The second-order valence-corrected chi connectivity index (χ2v) is 6.16. The highest BCUT2D eigenvalue weighted by Gasteiger charge is 2.24. The van der Waals surface area contributed by atoms with Crippen molar-refractivity contribution in [2.45, 2.75) is 30.9 Å². The molecule has 3 heteroatoms. The highest BCUT2D eigenvalue weighted by molar-refractivity contribution is 8.00. The first-order chi connectivity index (χ1) is 7.47. The molecule has 0 saturated carbocycles. The molecule has 1 atom stereocenters. The molecule has 1 unspecified atom stereocenters. The molecular weight excluding hydrogens is 218 g/mol. The van der Waals surface area contributed by atoms with E-state index in [1.165, 1.54) is 4.90 Å². The average Bonchev–Trinajstić information content (AvgIpc) is 2.24. The summed E-state index contributed by atoms with van der Waals surface area (Å²) in [5.41, 5.74) is 6.04. The summed E-state index contributed by atoms with van der Waals surface area (Å²) < 4.78 is 5.21. The van der Waals surface area contributed by atoms with Crippen molar-refractivity contribution >= 4 is 11.8 Å². The molecule has 16 heavy (non-hydrogen) atoms. The molecule has 1 rings (SSSR count). The number of benzene rings is 1. The van der Waals surface area contributed by atoms with E-state index in [1.807, 2.05) is 23.9 Å². The molecule has 0 radical (unpaired) electrons. The standard InChI is InChI=1S/C13H21NOS/c1-13(2,3)12(9-14)16-11-7-5-6-10(8-11)15-4/h5-8,12H,9,14H2,1-4H3. The Morgan fingerprint density at radius 2 is 2.06 bits per heavy atom. The van der Waals surface area contributed by atoms with Gasteiger partial charge in [0, 0.05) is 16.7 Å². The van der Waals surface area contributed by atoms with Crippen LogP contribution in [0.5, 0.6) is 5.75 Å². The summed E-state index contributed by atoms with van der Waals surface area (Å²) in [6, 6.07) is 8.12. The molecule has 1 aromatic rings. The van der Waals surface area contributed by atoms with E-state index in [0.717, 1.165) is 5.75 Å². The molecule has 1 aromatic carbocycles. The number of rotatable bonds is 4. The summed E-state index contributed by atoms with van der Waals surface area (Å²) >= 11 is 1.82. The Bertz CT molecular complexity index is 333. The lowest BCUT2D eigenvalue weighted by atomic mass is 9.92. The van der Waals surface area contributed by atoms with Gasteiger partial charge in [-0.2, -0.15) is 0 Å². The summed E-state index contributed by atoms with van der Waals surface area (Å²) in [5, 5.41) is 0.416. The Morgan fingerprint density at radius 1 is 1.38 bits per heavy atom. The molecule has 2 nitrogen and oxygen atoms in total. The zero-order chi connectivity index (χ0) is 12.2. The van der Waals surface area contributed by atoms with Gasteiger partial charge in [0.25, 0.3) is 0 Å². The van der Waals surface area contributed by atoms with E-state index in [1.54, 1.807) is 7.11 Å². The van der Waals surface area contributed by atoms with Crippen LogP contribution in [0.4, 0.5) is 0 Å². The van der Waals surface area contributed by atoms with Gasteiger partial charge in [0.05, 0.1) is 7.11 Å². The van der Waals surface area contributed by atoms with Crippen LogP contribution in [-0.4, -0.2) is 18.9 Å². The smallest absolute Gasteiger partial charge is 0.119 e. The summed E-state index contributed by atoms with van der Waals surface area (Å²) in [6.45, 7) is 7.35. The third kappa shape index (κ3) is 3.72. The minimum atomic E-state index is 0.211. The van der Waals surface area contributed by atoms with Gasteiger partial charge in [-0.15, -0.1) is 11.8 Å². The van der Waals surface area contributed by atoms with Crippen LogP contribution in [0.25, 0.3) is 0 Å². The third-order valence-electron chi connectivity index (χ3n) is 2.50. The predicted molar refractivity (Wildman–Crippen MR) is 71.1 cm³/mol. The summed E-state index contributed by atoms with van der Waals surface area (Å²) in [5.74, 6) is 0.898.